The number of ether oxygens (including phenoxy) is 2. The van der Waals surface area contributed by atoms with Crippen molar-refractivity contribution in [3.63, 3.8) is 0 Å². The van der Waals surface area contributed by atoms with Gasteiger partial charge in [-0.15, -0.1) is 0 Å². The van der Waals surface area contributed by atoms with Crippen molar-refractivity contribution in [3.05, 3.63) is 46.0 Å². The molecule has 1 heterocycles. The lowest BCUT2D eigenvalue weighted by molar-refractivity contribution is 0.174. The zero-order chi connectivity index (χ0) is 13.9. The highest BCUT2D eigenvalue weighted by Crippen LogP contribution is 2.34. The smallest absolute Gasteiger partial charge is 0.231 e. The van der Waals surface area contributed by atoms with Gasteiger partial charge in [-0.3, -0.25) is 0 Å². The Kier molecular flexibility index (Phi) is 3.93. The summed E-state index contributed by atoms with van der Waals surface area (Å²) in [5, 5.41) is 6.83. The van der Waals surface area contributed by atoms with E-state index in [9.17, 15) is 0 Å². The molecule has 0 amide bonds. The maximum absolute atomic E-state index is 5.33. The van der Waals surface area contributed by atoms with Gasteiger partial charge in [-0.2, -0.15) is 0 Å². The molecule has 0 fully saturated rings. The summed E-state index contributed by atoms with van der Waals surface area (Å²) in [5.74, 6) is 1.49. The van der Waals surface area contributed by atoms with Gasteiger partial charge in [0.2, 0.25) is 6.79 Å². The van der Waals surface area contributed by atoms with Crippen LogP contribution in [0.5, 0.6) is 11.5 Å². The Bertz CT molecular complexity index is 663. The number of para-hydroxylation sites is 1. The predicted molar refractivity (Wildman–Crippen MR) is 91.6 cm³/mol. The van der Waals surface area contributed by atoms with Crippen molar-refractivity contribution in [3.8, 4) is 11.5 Å². The lowest BCUT2D eigenvalue weighted by Gasteiger charge is -2.12. The third-order valence-corrected chi connectivity index (χ3v) is 3.90. The van der Waals surface area contributed by atoms with E-state index in [2.05, 4.69) is 33.2 Å². The fourth-order valence-corrected chi connectivity index (χ4v) is 2.57. The van der Waals surface area contributed by atoms with Crippen molar-refractivity contribution >= 4 is 51.3 Å². The third kappa shape index (κ3) is 2.96. The number of anilines is 2. The summed E-state index contributed by atoms with van der Waals surface area (Å²) in [6.07, 6.45) is 0. The highest BCUT2D eigenvalue weighted by atomic mass is 127. The minimum atomic E-state index is 0.268. The number of halogens is 1. The number of thiocarbonyl (C=S) groups is 1. The summed E-state index contributed by atoms with van der Waals surface area (Å²) >= 11 is 7.57. The zero-order valence-corrected chi connectivity index (χ0v) is 13.3. The van der Waals surface area contributed by atoms with Crippen LogP contribution in [0.15, 0.2) is 42.5 Å². The summed E-state index contributed by atoms with van der Waals surface area (Å²) in [7, 11) is 0. The molecule has 3 rings (SSSR count). The highest BCUT2D eigenvalue weighted by molar-refractivity contribution is 14.1. The minimum absolute atomic E-state index is 0.268. The predicted octanol–water partition coefficient (Wildman–Crippen LogP) is 3.83. The zero-order valence-electron chi connectivity index (χ0n) is 10.4. The Morgan fingerprint density at radius 1 is 1.05 bits per heavy atom. The second-order valence-electron chi connectivity index (χ2n) is 4.13. The molecule has 1 aliphatic rings. The SMILES string of the molecule is S=C(Nc1ccc2c(c1)OCO2)Nc1ccccc1I. The second kappa shape index (κ2) is 5.84. The fraction of sp³-hybridized carbons (Fsp3) is 0.0714. The van der Waals surface area contributed by atoms with Gasteiger partial charge in [-0.05, 0) is 59.1 Å². The van der Waals surface area contributed by atoms with Gasteiger partial charge < -0.3 is 20.1 Å². The van der Waals surface area contributed by atoms with E-state index in [0.717, 1.165) is 26.4 Å². The Hall–Kier alpha value is -1.54. The number of hydrogen-bond donors (Lipinski definition) is 2. The van der Waals surface area contributed by atoms with E-state index < -0.39 is 0 Å². The molecule has 6 heteroatoms. The maximum Gasteiger partial charge on any atom is 0.231 e. The van der Waals surface area contributed by atoms with Crippen LogP contribution in [-0.2, 0) is 0 Å². The Morgan fingerprint density at radius 2 is 1.85 bits per heavy atom. The van der Waals surface area contributed by atoms with E-state index in [1.54, 1.807) is 0 Å². The van der Waals surface area contributed by atoms with Crippen LogP contribution >= 0.6 is 34.8 Å². The first-order valence-corrected chi connectivity index (χ1v) is 7.43. The monoisotopic (exact) mass is 398 g/mol. The topological polar surface area (TPSA) is 42.5 Å². The number of nitrogens with one attached hydrogen (secondary N) is 2. The normalized spacial score (nSPS) is 12.1. The van der Waals surface area contributed by atoms with Crippen LogP contribution in [0.4, 0.5) is 11.4 Å². The first-order valence-electron chi connectivity index (χ1n) is 5.94. The molecule has 0 aliphatic carbocycles. The molecule has 0 aromatic heterocycles. The van der Waals surface area contributed by atoms with Gasteiger partial charge in [-0.1, -0.05) is 12.1 Å². The van der Waals surface area contributed by atoms with Gasteiger partial charge in [0, 0.05) is 15.3 Å². The molecule has 0 radical (unpaired) electrons. The molecule has 0 saturated carbocycles. The standard InChI is InChI=1S/C14H11IN2O2S/c15-10-3-1-2-4-11(10)17-14(20)16-9-5-6-12-13(7-9)19-8-18-12/h1-7H,8H2,(H2,16,17,20). The van der Waals surface area contributed by atoms with Gasteiger partial charge in [0.1, 0.15) is 0 Å². The maximum atomic E-state index is 5.33. The molecule has 0 unspecified atom stereocenters. The lowest BCUT2D eigenvalue weighted by Crippen LogP contribution is -2.19. The number of rotatable bonds is 2. The van der Waals surface area contributed by atoms with E-state index in [1.807, 2.05) is 42.5 Å². The van der Waals surface area contributed by atoms with Crippen molar-refractivity contribution in [2.24, 2.45) is 0 Å². The van der Waals surface area contributed by atoms with Gasteiger partial charge >= 0.3 is 0 Å². The average Bonchev–Trinajstić information content (AvgIpc) is 2.89. The summed E-state index contributed by atoms with van der Waals surface area (Å²) in [4.78, 5) is 0. The molecular weight excluding hydrogens is 387 g/mol. The van der Waals surface area contributed by atoms with Crippen LogP contribution in [0, 0.1) is 3.57 Å². The van der Waals surface area contributed by atoms with Crippen LogP contribution < -0.4 is 20.1 Å². The molecule has 4 nitrogen and oxygen atoms in total. The van der Waals surface area contributed by atoms with E-state index in [1.165, 1.54) is 0 Å². The molecule has 0 saturated heterocycles. The first-order chi connectivity index (χ1) is 9.72. The molecule has 1 aliphatic heterocycles. The van der Waals surface area contributed by atoms with Crippen LogP contribution in [0.1, 0.15) is 0 Å². The van der Waals surface area contributed by atoms with Gasteiger partial charge in [0.25, 0.3) is 0 Å². The van der Waals surface area contributed by atoms with Crippen LogP contribution in [-0.4, -0.2) is 11.9 Å². The Balaban J connectivity index is 1.69. The van der Waals surface area contributed by atoms with Crippen molar-refractivity contribution in [1.29, 1.82) is 0 Å². The quantitative estimate of drug-likeness (QED) is 0.595. The largest absolute Gasteiger partial charge is 0.454 e. The van der Waals surface area contributed by atoms with Crippen molar-refractivity contribution < 1.29 is 9.47 Å². The highest BCUT2D eigenvalue weighted by Gasteiger charge is 2.13. The minimum Gasteiger partial charge on any atom is -0.454 e. The summed E-state index contributed by atoms with van der Waals surface area (Å²) in [6, 6.07) is 13.6. The van der Waals surface area contributed by atoms with Crippen molar-refractivity contribution in [1.82, 2.24) is 0 Å². The molecule has 0 spiro atoms. The fourth-order valence-electron chi connectivity index (χ4n) is 1.82. The van der Waals surface area contributed by atoms with Gasteiger partial charge in [-0.25, -0.2) is 0 Å². The van der Waals surface area contributed by atoms with E-state index in [-0.39, 0.29) is 6.79 Å². The second-order valence-corrected chi connectivity index (χ2v) is 5.70. The van der Waals surface area contributed by atoms with E-state index in [4.69, 9.17) is 21.7 Å². The van der Waals surface area contributed by atoms with Crippen molar-refractivity contribution in [2.75, 3.05) is 17.4 Å². The Morgan fingerprint density at radius 3 is 2.70 bits per heavy atom. The Labute approximate surface area is 135 Å². The third-order valence-electron chi connectivity index (χ3n) is 2.75. The number of hydrogen-bond acceptors (Lipinski definition) is 3. The van der Waals surface area contributed by atoms with Gasteiger partial charge in [0.15, 0.2) is 16.6 Å². The molecule has 102 valence electrons. The summed E-state index contributed by atoms with van der Waals surface area (Å²) < 4.78 is 11.7. The molecule has 0 atom stereocenters. The molecule has 0 bridgehead atoms. The summed E-state index contributed by atoms with van der Waals surface area (Å²) in [5.41, 5.74) is 1.84. The van der Waals surface area contributed by atoms with E-state index in [0.29, 0.717) is 5.11 Å². The molecule has 2 aromatic rings. The average molecular weight is 398 g/mol. The lowest BCUT2D eigenvalue weighted by atomic mass is 10.3. The van der Waals surface area contributed by atoms with Crippen LogP contribution in [0.3, 0.4) is 0 Å². The molecule has 2 aromatic carbocycles. The van der Waals surface area contributed by atoms with Crippen LogP contribution in [0.25, 0.3) is 0 Å². The van der Waals surface area contributed by atoms with Crippen LogP contribution in [0.2, 0.25) is 0 Å². The number of benzene rings is 2. The van der Waals surface area contributed by atoms with Crippen molar-refractivity contribution in [2.45, 2.75) is 0 Å². The molecular formula is C14H11IN2O2S. The number of fused-ring (bicyclic) bond motifs is 1. The first kappa shape index (κ1) is 13.4. The van der Waals surface area contributed by atoms with Gasteiger partial charge in [0.05, 0.1) is 5.69 Å². The molecule has 2 N–H and O–H groups in total. The molecule has 20 heavy (non-hydrogen) atoms. The van der Waals surface area contributed by atoms with E-state index >= 15 is 0 Å². The summed E-state index contributed by atoms with van der Waals surface area (Å²) in [6.45, 7) is 0.268.